The molecule has 77 heavy (non-hydrogen) atoms. The highest BCUT2D eigenvalue weighted by molar-refractivity contribution is 6.02. The van der Waals surface area contributed by atoms with Crippen molar-refractivity contribution in [2.75, 3.05) is 68.8 Å². The Bertz CT molecular complexity index is 3450. The molecule has 6 aliphatic rings. The Hall–Kier alpha value is -7.17. The van der Waals surface area contributed by atoms with Gasteiger partial charge in [0.05, 0.1) is 33.1 Å². The van der Waals surface area contributed by atoms with Gasteiger partial charge in [-0.3, -0.25) is 33.9 Å². The van der Waals surface area contributed by atoms with Gasteiger partial charge in [-0.2, -0.15) is 9.97 Å². The number of nitrogens with one attached hydrogen (secondary N) is 1. The molecular formula is C58H64F2N10O7. The number of carbonyl (C=O) groups excluding carboxylic acids is 3. The van der Waals surface area contributed by atoms with Crippen LogP contribution in [0, 0.1) is 35.8 Å². The largest absolute Gasteiger partial charge is 0.461 e. The number of imidazole rings is 1. The highest BCUT2D eigenvalue weighted by Gasteiger charge is 2.50. The Kier molecular flexibility index (Phi) is 13.2. The number of pyridine rings is 1. The summed E-state index contributed by atoms with van der Waals surface area (Å²) < 4.78 is 48.0. The summed E-state index contributed by atoms with van der Waals surface area (Å²) in [5, 5.41) is 14.9. The minimum Gasteiger partial charge on any atom is -0.461 e. The number of aromatic nitrogens is 5. The number of nitrogens with zero attached hydrogens (tertiary/aromatic N) is 9. The maximum absolute atomic E-state index is 17.2. The van der Waals surface area contributed by atoms with E-state index in [4.69, 9.17) is 25.9 Å². The van der Waals surface area contributed by atoms with Crippen LogP contribution in [0.15, 0.2) is 59.5 Å². The predicted octanol–water partition coefficient (Wildman–Crippen LogP) is 7.23. The number of aliphatic hydroxyl groups is 1. The van der Waals surface area contributed by atoms with Crippen molar-refractivity contribution >= 4 is 62.1 Å². The van der Waals surface area contributed by atoms with Crippen molar-refractivity contribution in [1.82, 2.24) is 39.2 Å². The van der Waals surface area contributed by atoms with Gasteiger partial charge in [-0.1, -0.05) is 30.2 Å². The zero-order chi connectivity index (χ0) is 53.3. The number of β-amino-alcohol motifs (C(OH)–C–C–N with tert-alkyl or cyclic N) is 1. The number of ether oxygens (including phenoxy) is 2. The van der Waals surface area contributed by atoms with Crippen LogP contribution in [0.4, 0.5) is 25.1 Å². The van der Waals surface area contributed by atoms with Gasteiger partial charge in [-0.15, -0.1) is 6.42 Å². The molecule has 12 rings (SSSR count). The number of anilines is 2. The van der Waals surface area contributed by atoms with E-state index in [2.05, 4.69) is 26.0 Å². The SMILES string of the molecule is C#Cc1c(F)ccc2cccc(-c3ncc4c(N5CCC[C@@](C)(O)C5)nc(OC[C@@]56CCCN5[C@H](COC(=O)N5CCC(C7CCN(c8ccc9c(c8)n(C)c(=O)n9C8CCC(=O)NC8=O)CC7)CC5)CC6)nc4c3F)c12. The third-order valence-corrected chi connectivity index (χ3v) is 17.9. The second-order valence-corrected chi connectivity index (χ2v) is 22.6. The maximum Gasteiger partial charge on any atom is 0.409 e. The number of carbonyl (C=O) groups is 3. The van der Waals surface area contributed by atoms with Gasteiger partial charge < -0.3 is 29.3 Å². The molecule has 6 saturated heterocycles. The molecule has 6 aromatic rings. The first kappa shape index (κ1) is 50.6. The number of amides is 3. The van der Waals surface area contributed by atoms with Gasteiger partial charge in [0.2, 0.25) is 11.8 Å². The van der Waals surface area contributed by atoms with Crippen LogP contribution in [0.2, 0.25) is 0 Å². The predicted molar refractivity (Wildman–Crippen MR) is 287 cm³/mol. The van der Waals surface area contributed by atoms with Crippen LogP contribution in [0.5, 0.6) is 6.01 Å². The normalized spacial score (nSPS) is 24.7. The quantitative estimate of drug-likeness (QED) is 0.104. The first-order valence-electron chi connectivity index (χ1n) is 27.3. The van der Waals surface area contributed by atoms with E-state index in [1.807, 2.05) is 28.0 Å². The second kappa shape index (κ2) is 20.0. The molecule has 4 atom stereocenters. The zero-order valence-electron chi connectivity index (χ0n) is 43.6. The van der Waals surface area contributed by atoms with Crippen LogP contribution in [-0.4, -0.2) is 133 Å². The average Bonchev–Trinajstić information content (AvgIpc) is 4.09. The number of benzene rings is 3. The lowest BCUT2D eigenvalue weighted by Gasteiger charge is -2.40. The van der Waals surface area contributed by atoms with Crippen LogP contribution < -0.4 is 25.5 Å². The standard InChI is InChI=1S/C58H64F2N10O7/c1-4-40-43(59)12-10-37-8-5-9-41(48(37)40)50-49(60)51-42(31-61-50)52(68-24-6-21-57(2,75)33-68)64-54(63-51)77-34-58-22-7-25-69(58)39(16-23-58)32-76-56(74)67-28-19-36(20-29-67)35-17-26-66(27-18-35)38-11-13-44-46(30-38)65(3)55(73)70(44)45-14-15-47(71)62-53(45)72/h1,5,8-13,30-31,35-36,39,45,75H,6-7,14-29,32-34H2,2-3H3,(H,62,71,72)/t39-,45?,57+,58-/m0/s1. The van der Waals surface area contributed by atoms with Crippen LogP contribution in [0.3, 0.4) is 0 Å². The Balaban J connectivity index is 0.675. The van der Waals surface area contributed by atoms with E-state index < -0.39 is 29.2 Å². The Labute approximate surface area is 444 Å². The third-order valence-electron chi connectivity index (χ3n) is 17.9. The second-order valence-electron chi connectivity index (χ2n) is 22.6. The Morgan fingerprint density at radius 3 is 2.44 bits per heavy atom. The van der Waals surface area contributed by atoms with Crippen molar-refractivity contribution in [2.45, 2.75) is 107 Å². The summed E-state index contributed by atoms with van der Waals surface area (Å²) in [6.45, 7) is 7.03. The topological polar surface area (TPSA) is 180 Å². The number of fused-ring (bicyclic) bond motifs is 4. The van der Waals surface area contributed by atoms with Crippen molar-refractivity contribution in [3.63, 3.8) is 0 Å². The molecule has 2 N–H and O–H groups in total. The summed E-state index contributed by atoms with van der Waals surface area (Å²) in [6, 6.07) is 13.4. The van der Waals surface area contributed by atoms with Crippen molar-refractivity contribution in [3.05, 3.63) is 82.4 Å². The van der Waals surface area contributed by atoms with Crippen molar-refractivity contribution in [1.29, 1.82) is 0 Å². The van der Waals surface area contributed by atoms with Gasteiger partial charge in [0.25, 0.3) is 0 Å². The molecule has 3 aromatic heterocycles. The molecule has 9 heterocycles. The monoisotopic (exact) mass is 1050 g/mol. The number of rotatable bonds is 10. The molecule has 6 fully saturated rings. The number of hydrogen-bond acceptors (Lipinski definition) is 13. The lowest BCUT2D eigenvalue weighted by Crippen LogP contribution is -2.48. The van der Waals surface area contributed by atoms with E-state index in [1.165, 1.54) is 16.8 Å². The molecular weight excluding hydrogens is 987 g/mol. The minimum absolute atomic E-state index is 0.000421. The van der Waals surface area contributed by atoms with E-state index in [0.29, 0.717) is 83.8 Å². The fourth-order valence-corrected chi connectivity index (χ4v) is 13.8. The number of terminal acetylenes is 1. The molecule has 0 saturated carbocycles. The Morgan fingerprint density at radius 1 is 0.896 bits per heavy atom. The fraction of sp³-hybridized carbons (Fsp3) is 0.500. The first-order chi connectivity index (χ1) is 37.2. The number of likely N-dealkylation sites (tertiary alicyclic amines) is 1. The number of piperidine rings is 4. The highest BCUT2D eigenvalue weighted by atomic mass is 19.1. The molecule has 0 radical (unpaired) electrons. The summed E-state index contributed by atoms with van der Waals surface area (Å²) in [5.74, 6) is 1.83. The average molecular weight is 1050 g/mol. The number of aryl methyl sites for hydroxylation is 1. The molecule has 0 spiro atoms. The lowest BCUT2D eigenvalue weighted by atomic mass is 9.79. The zero-order valence-corrected chi connectivity index (χ0v) is 43.6. The summed E-state index contributed by atoms with van der Waals surface area (Å²) >= 11 is 0. The molecule has 3 amide bonds. The van der Waals surface area contributed by atoms with Gasteiger partial charge in [-0.25, -0.2) is 18.4 Å². The van der Waals surface area contributed by atoms with Crippen LogP contribution in [-0.2, 0) is 21.4 Å². The Morgan fingerprint density at radius 2 is 1.68 bits per heavy atom. The smallest absolute Gasteiger partial charge is 0.409 e. The van der Waals surface area contributed by atoms with E-state index in [1.54, 1.807) is 42.8 Å². The van der Waals surface area contributed by atoms with Crippen molar-refractivity contribution in [2.24, 2.45) is 18.9 Å². The van der Waals surface area contributed by atoms with E-state index in [-0.39, 0.29) is 78.2 Å². The van der Waals surface area contributed by atoms with E-state index in [0.717, 1.165) is 82.2 Å². The molecule has 17 nitrogen and oxygen atoms in total. The fourth-order valence-electron chi connectivity index (χ4n) is 13.8. The van der Waals surface area contributed by atoms with Gasteiger partial charge in [0, 0.05) is 81.6 Å². The van der Waals surface area contributed by atoms with E-state index >= 15 is 8.78 Å². The molecule has 0 aliphatic carbocycles. The number of imide groups is 1. The number of hydrogen-bond donors (Lipinski definition) is 2. The third kappa shape index (κ3) is 9.20. The van der Waals surface area contributed by atoms with Crippen LogP contribution in [0.1, 0.15) is 95.6 Å². The van der Waals surface area contributed by atoms with Gasteiger partial charge in [0.1, 0.15) is 42.1 Å². The van der Waals surface area contributed by atoms with Gasteiger partial charge in [-0.05, 0) is 126 Å². The molecule has 1 unspecified atom stereocenters. The summed E-state index contributed by atoms with van der Waals surface area (Å²) in [6.07, 6.45) is 16.2. The maximum atomic E-state index is 17.2. The summed E-state index contributed by atoms with van der Waals surface area (Å²) in [7, 11) is 1.72. The first-order valence-corrected chi connectivity index (χ1v) is 27.3. The lowest BCUT2D eigenvalue weighted by molar-refractivity contribution is -0.135. The highest BCUT2D eigenvalue weighted by Crippen LogP contribution is 2.44. The van der Waals surface area contributed by atoms with Gasteiger partial charge in [0.15, 0.2) is 5.82 Å². The van der Waals surface area contributed by atoms with Crippen LogP contribution >= 0.6 is 0 Å². The van der Waals surface area contributed by atoms with E-state index in [9.17, 15) is 24.3 Å². The van der Waals surface area contributed by atoms with Crippen LogP contribution in [0.25, 0.3) is 44.0 Å². The summed E-state index contributed by atoms with van der Waals surface area (Å²) in [5.41, 5.74) is 1.15. The van der Waals surface area contributed by atoms with Crippen molar-refractivity contribution < 1.29 is 37.7 Å². The minimum atomic E-state index is -0.993. The molecule has 3 aromatic carbocycles. The van der Waals surface area contributed by atoms with Gasteiger partial charge >= 0.3 is 17.8 Å². The van der Waals surface area contributed by atoms with Crippen molar-refractivity contribution in [3.8, 4) is 29.6 Å². The summed E-state index contributed by atoms with van der Waals surface area (Å²) in [4.78, 5) is 74.2. The molecule has 0 bridgehead atoms. The molecule has 19 heteroatoms. The molecule has 402 valence electrons. The number of halogens is 2. The molecule has 6 aliphatic heterocycles.